The fourth-order valence-electron chi connectivity index (χ4n) is 3.90. The molecule has 1 aromatic heterocycles. The second-order valence-corrected chi connectivity index (χ2v) is 7.81. The van der Waals surface area contributed by atoms with Crippen molar-refractivity contribution in [1.82, 2.24) is 9.88 Å². The van der Waals surface area contributed by atoms with E-state index in [4.69, 9.17) is 0 Å². The molecule has 0 saturated carbocycles. The Balaban J connectivity index is 1.44. The van der Waals surface area contributed by atoms with E-state index in [1.54, 1.807) is 12.1 Å². The first-order valence-corrected chi connectivity index (χ1v) is 9.71. The molecule has 0 unspecified atom stereocenters. The van der Waals surface area contributed by atoms with Gasteiger partial charge in [-0.3, -0.25) is 4.90 Å². The number of hydrogen-bond donors (Lipinski definition) is 2. The molecule has 1 fully saturated rings. The van der Waals surface area contributed by atoms with E-state index < -0.39 is 5.97 Å². The Hall–Kier alpha value is -2.11. The number of aromatic carboxylic acids is 1. The summed E-state index contributed by atoms with van der Waals surface area (Å²) in [6.07, 6.45) is 4.41. The first kappa shape index (κ1) is 17.3. The van der Waals surface area contributed by atoms with Crippen LogP contribution in [0.3, 0.4) is 0 Å². The van der Waals surface area contributed by atoms with Crippen molar-refractivity contribution in [2.45, 2.75) is 25.3 Å². The number of nitrogens with zero attached hydrogens (tertiary/aromatic N) is 1. The number of likely N-dealkylation sites (tertiary alicyclic amines) is 1. The van der Waals surface area contributed by atoms with Crippen LogP contribution in [0, 0.1) is 0 Å². The highest BCUT2D eigenvalue weighted by molar-refractivity contribution is 9.10. The van der Waals surface area contributed by atoms with Gasteiger partial charge in [-0.05, 0) is 67.2 Å². The highest BCUT2D eigenvalue weighted by atomic mass is 79.9. The number of para-hydroxylation sites is 1. The number of hydrogen-bond acceptors (Lipinski definition) is 2. The summed E-state index contributed by atoms with van der Waals surface area (Å²) in [5.74, 6) is -0.298. The lowest BCUT2D eigenvalue weighted by Gasteiger charge is -2.32. The van der Waals surface area contributed by atoms with Crippen molar-refractivity contribution in [3.05, 3.63) is 69.8 Å². The fraction of sp³-hybridized carbons (Fsp3) is 0.286. The van der Waals surface area contributed by atoms with Crippen molar-refractivity contribution in [2.75, 3.05) is 13.1 Å². The predicted octanol–water partition coefficient (Wildman–Crippen LogP) is 5.01. The van der Waals surface area contributed by atoms with E-state index in [9.17, 15) is 9.90 Å². The Morgan fingerprint density at radius 2 is 1.96 bits per heavy atom. The molecule has 1 saturated heterocycles. The van der Waals surface area contributed by atoms with Gasteiger partial charge in [0, 0.05) is 28.1 Å². The molecule has 0 radical (unpaired) electrons. The highest BCUT2D eigenvalue weighted by Gasteiger charge is 2.23. The Morgan fingerprint density at radius 1 is 1.19 bits per heavy atom. The maximum absolute atomic E-state index is 11.2. The van der Waals surface area contributed by atoms with Gasteiger partial charge in [0.15, 0.2) is 0 Å². The Morgan fingerprint density at radius 3 is 2.73 bits per heavy atom. The number of nitrogens with one attached hydrogen (secondary N) is 1. The van der Waals surface area contributed by atoms with E-state index >= 15 is 0 Å². The number of aromatic nitrogens is 1. The third-order valence-electron chi connectivity index (χ3n) is 5.34. The van der Waals surface area contributed by atoms with Gasteiger partial charge < -0.3 is 10.1 Å². The van der Waals surface area contributed by atoms with Gasteiger partial charge in [0.1, 0.15) is 0 Å². The van der Waals surface area contributed by atoms with E-state index in [-0.39, 0.29) is 0 Å². The molecule has 0 amide bonds. The van der Waals surface area contributed by atoms with Gasteiger partial charge in [-0.15, -0.1) is 0 Å². The van der Waals surface area contributed by atoms with Crippen LogP contribution in [0.1, 0.15) is 40.2 Å². The second-order valence-electron chi connectivity index (χ2n) is 6.95. The average Bonchev–Trinajstić information content (AvgIpc) is 3.08. The molecule has 1 aliphatic rings. The quantitative estimate of drug-likeness (QED) is 0.633. The summed E-state index contributed by atoms with van der Waals surface area (Å²) in [5.41, 5.74) is 4.01. The predicted molar refractivity (Wildman–Crippen MR) is 107 cm³/mol. The van der Waals surface area contributed by atoms with Crippen molar-refractivity contribution in [2.24, 2.45) is 0 Å². The lowest BCUT2D eigenvalue weighted by atomic mass is 9.89. The SMILES string of the molecule is O=C(O)c1ccc(Br)c(CN2CCC(c3c[nH]c4ccccc34)CC2)c1. The molecule has 2 N–H and O–H groups in total. The molecule has 2 aromatic carbocycles. The first-order chi connectivity index (χ1) is 12.6. The van der Waals surface area contributed by atoms with Gasteiger partial charge in [-0.2, -0.15) is 0 Å². The van der Waals surface area contributed by atoms with Gasteiger partial charge in [0.05, 0.1) is 5.56 Å². The molecule has 0 aliphatic carbocycles. The van der Waals surface area contributed by atoms with Crippen molar-refractivity contribution in [1.29, 1.82) is 0 Å². The lowest BCUT2D eigenvalue weighted by molar-refractivity contribution is 0.0696. The first-order valence-electron chi connectivity index (χ1n) is 8.92. The molecule has 0 bridgehead atoms. The number of H-pyrrole nitrogens is 1. The van der Waals surface area contributed by atoms with E-state index in [1.807, 2.05) is 6.07 Å². The molecule has 2 heterocycles. The molecular weight excluding hydrogens is 392 g/mol. The summed E-state index contributed by atoms with van der Waals surface area (Å²) in [4.78, 5) is 17.0. The van der Waals surface area contributed by atoms with Crippen LogP contribution in [0.15, 0.2) is 53.1 Å². The number of carboxylic acids is 1. The van der Waals surface area contributed by atoms with Gasteiger partial charge in [0.25, 0.3) is 0 Å². The molecule has 1 aliphatic heterocycles. The van der Waals surface area contributed by atoms with Gasteiger partial charge in [0.2, 0.25) is 0 Å². The van der Waals surface area contributed by atoms with Gasteiger partial charge in [-0.25, -0.2) is 4.79 Å². The monoisotopic (exact) mass is 412 g/mol. The molecule has 26 heavy (non-hydrogen) atoms. The smallest absolute Gasteiger partial charge is 0.335 e. The van der Waals surface area contributed by atoms with E-state index in [0.717, 1.165) is 42.5 Å². The van der Waals surface area contributed by atoms with Crippen molar-refractivity contribution < 1.29 is 9.90 Å². The van der Waals surface area contributed by atoms with E-state index in [0.29, 0.717) is 11.5 Å². The number of aromatic amines is 1. The topological polar surface area (TPSA) is 56.3 Å². The van der Waals surface area contributed by atoms with Crippen molar-refractivity contribution >= 4 is 32.8 Å². The standard InChI is InChI=1S/C21H21BrN2O2/c22-19-6-5-15(21(25)26)11-16(19)13-24-9-7-14(8-10-24)18-12-23-20-4-2-1-3-17(18)20/h1-6,11-12,14,23H,7-10,13H2,(H,25,26). The molecular formula is C21H21BrN2O2. The zero-order valence-corrected chi connectivity index (χ0v) is 16.0. The summed E-state index contributed by atoms with van der Waals surface area (Å²) in [5, 5.41) is 10.5. The number of piperidine rings is 1. The maximum Gasteiger partial charge on any atom is 0.335 e. The third kappa shape index (κ3) is 3.41. The molecule has 0 atom stereocenters. The molecule has 134 valence electrons. The van der Waals surface area contributed by atoms with Crippen LogP contribution in [0.2, 0.25) is 0 Å². The summed E-state index contributed by atoms with van der Waals surface area (Å²) in [6.45, 7) is 2.82. The van der Waals surface area contributed by atoms with Gasteiger partial charge >= 0.3 is 5.97 Å². The summed E-state index contributed by atoms with van der Waals surface area (Å²) < 4.78 is 0.973. The van der Waals surface area contributed by atoms with Crippen LogP contribution in [0.4, 0.5) is 0 Å². The Bertz CT molecular complexity index is 942. The third-order valence-corrected chi connectivity index (χ3v) is 6.11. The zero-order chi connectivity index (χ0) is 18.1. The van der Waals surface area contributed by atoms with Crippen LogP contribution >= 0.6 is 15.9 Å². The summed E-state index contributed by atoms with van der Waals surface area (Å²) in [7, 11) is 0. The fourth-order valence-corrected chi connectivity index (χ4v) is 4.28. The van der Waals surface area contributed by atoms with Crippen LogP contribution < -0.4 is 0 Å². The molecule has 5 heteroatoms. The maximum atomic E-state index is 11.2. The van der Waals surface area contributed by atoms with Crippen LogP contribution in [-0.2, 0) is 6.54 Å². The van der Waals surface area contributed by atoms with Crippen LogP contribution in [0.25, 0.3) is 10.9 Å². The molecule has 4 nitrogen and oxygen atoms in total. The minimum atomic E-state index is -0.878. The van der Waals surface area contributed by atoms with Crippen molar-refractivity contribution in [3.8, 4) is 0 Å². The van der Waals surface area contributed by atoms with Crippen molar-refractivity contribution in [3.63, 3.8) is 0 Å². The molecule has 4 rings (SSSR count). The Labute approximate surface area is 161 Å². The number of rotatable bonds is 4. The normalized spacial score (nSPS) is 16.2. The van der Waals surface area contributed by atoms with E-state index in [1.165, 1.54) is 16.5 Å². The number of fused-ring (bicyclic) bond motifs is 1. The second kappa shape index (κ2) is 7.25. The minimum absolute atomic E-state index is 0.344. The highest BCUT2D eigenvalue weighted by Crippen LogP contribution is 2.33. The minimum Gasteiger partial charge on any atom is -0.478 e. The van der Waals surface area contributed by atoms with Crippen LogP contribution in [-0.4, -0.2) is 34.0 Å². The Kier molecular flexibility index (Phi) is 4.83. The summed E-state index contributed by atoms with van der Waals surface area (Å²) >= 11 is 3.55. The molecule has 0 spiro atoms. The number of halogens is 1. The number of carboxylic acid groups (broad SMARTS) is 1. The number of benzene rings is 2. The molecule has 3 aromatic rings. The zero-order valence-electron chi connectivity index (χ0n) is 14.4. The van der Waals surface area contributed by atoms with Gasteiger partial charge in [-0.1, -0.05) is 34.1 Å². The average molecular weight is 413 g/mol. The van der Waals surface area contributed by atoms with E-state index in [2.05, 4.69) is 56.3 Å². The lowest BCUT2D eigenvalue weighted by Crippen LogP contribution is -2.32. The summed E-state index contributed by atoms with van der Waals surface area (Å²) in [6, 6.07) is 13.7. The number of carbonyl (C=O) groups is 1. The largest absolute Gasteiger partial charge is 0.478 e. The van der Waals surface area contributed by atoms with Crippen LogP contribution in [0.5, 0.6) is 0 Å².